The summed E-state index contributed by atoms with van der Waals surface area (Å²) in [5.74, 6) is -1.09. The molecule has 1 amide bonds. The first-order valence-corrected chi connectivity index (χ1v) is 5.54. The van der Waals surface area contributed by atoms with Crippen LogP contribution in [0.2, 0.25) is 0 Å². The Morgan fingerprint density at radius 3 is 2.94 bits per heavy atom. The quantitative estimate of drug-likeness (QED) is 0.547. The number of hydrogen-bond donors (Lipinski definition) is 1. The summed E-state index contributed by atoms with van der Waals surface area (Å²) in [7, 11) is 3.05. The lowest BCUT2D eigenvalue weighted by Gasteiger charge is -2.30. The number of methoxy groups -OCH3 is 2. The molecule has 2 heterocycles. The first-order chi connectivity index (χ1) is 8.10. The first-order valence-electron chi connectivity index (χ1n) is 5.13. The molecule has 1 fully saturated rings. The molecule has 6 nitrogen and oxygen atoms in total. The summed E-state index contributed by atoms with van der Waals surface area (Å²) in [6, 6.07) is 0. The highest BCUT2D eigenvalue weighted by molar-refractivity contribution is 7.80. The van der Waals surface area contributed by atoms with E-state index < -0.39 is 12.1 Å². The van der Waals surface area contributed by atoms with Crippen molar-refractivity contribution in [3.05, 3.63) is 12.2 Å². The van der Waals surface area contributed by atoms with Crippen molar-refractivity contribution in [3.8, 4) is 0 Å². The molecule has 2 rings (SSSR count). The van der Waals surface area contributed by atoms with Crippen LogP contribution in [0.1, 0.15) is 0 Å². The van der Waals surface area contributed by atoms with Gasteiger partial charge in [-0.1, -0.05) is 0 Å². The Balaban J connectivity index is 2.08. The molecule has 0 aliphatic carbocycles. The summed E-state index contributed by atoms with van der Waals surface area (Å²) >= 11 is 5.04. The van der Waals surface area contributed by atoms with Crippen LogP contribution in [0.3, 0.4) is 0 Å². The Bertz CT molecular complexity index is 357. The molecule has 0 aromatic carbocycles. The van der Waals surface area contributed by atoms with E-state index in [1.165, 1.54) is 19.1 Å². The van der Waals surface area contributed by atoms with Crippen LogP contribution in [-0.4, -0.2) is 55.3 Å². The van der Waals surface area contributed by atoms with Crippen LogP contribution in [0.15, 0.2) is 12.2 Å². The predicted molar refractivity (Wildman–Crippen MR) is 63.1 cm³/mol. The highest BCUT2D eigenvalue weighted by atomic mass is 32.1. The molecule has 0 aromatic rings. The lowest BCUT2D eigenvalue weighted by Crippen LogP contribution is -2.47. The molecular formula is C10H14N2O4S. The van der Waals surface area contributed by atoms with Crippen molar-refractivity contribution in [2.75, 3.05) is 27.3 Å². The van der Waals surface area contributed by atoms with Gasteiger partial charge in [-0.05, 0) is 24.4 Å². The summed E-state index contributed by atoms with van der Waals surface area (Å²) in [6.07, 6.45) is 3.00. The van der Waals surface area contributed by atoms with E-state index in [1.807, 2.05) is 0 Å². The largest absolute Gasteiger partial charge is 0.353 e. The van der Waals surface area contributed by atoms with E-state index in [-0.39, 0.29) is 19.0 Å². The molecule has 1 saturated heterocycles. The van der Waals surface area contributed by atoms with Crippen molar-refractivity contribution in [2.24, 2.45) is 0 Å². The van der Waals surface area contributed by atoms with E-state index in [1.54, 1.807) is 12.2 Å². The lowest BCUT2D eigenvalue weighted by atomic mass is 10.2. The van der Waals surface area contributed by atoms with Gasteiger partial charge in [-0.25, -0.2) is 0 Å². The summed E-state index contributed by atoms with van der Waals surface area (Å²) in [5.41, 5.74) is 0. The van der Waals surface area contributed by atoms with Crippen LogP contribution >= 0.6 is 12.2 Å². The van der Waals surface area contributed by atoms with Gasteiger partial charge in [-0.3, -0.25) is 9.69 Å². The molecule has 0 saturated carbocycles. The fourth-order valence-electron chi connectivity index (χ4n) is 1.73. The van der Waals surface area contributed by atoms with Crippen molar-refractivity contribution in [3.63, 3.8) is 0 Å². The van der Waals surface area contributed by atoms with Crippen LogP contribution in [0.4, 0.5) is 0 Å². The number of carbonyl (C=O) groups is 1. The Hall–Kier alpha value is -1.02. The Morgan fingerprint density at radius 1 is 1.71 bits per heavy atom. The van der Waals surface area contributed by atoms with E-state index in [0.717, 1.165) is 0 Å². The van der Waals surface area contributed by atoms with Gasteiger partial charge in [0.15, 0.2) is 11.4 Å². The highest BCUT2D eigenvalue weighted by Crippen LogP contribution is 2.26. The molecule has 7 heteroatoms. The van der Waals surface area contributed by atoms with E-state index in [0.29, 0.717) is 5.11 Å². The molecule has 0 aromatic heterocycles. The standard InChI is InChI=1S/C10H14N2O4S/c1-14-8-3-4-10(15-2,16-8)6-12-7(13)5-11-9(12)17/h3-4,8H,5-6H2,1-2H3,(H,11,17). The van der Waals surface area contributed by atoms with Gasteiger partial charge in [0.25, 0.3) is 0 Å². The first kappa shape index (κ1) is 12.4. The summed E-state index contributed by atoms with van der Waals surface area (Å²) < 4.78 is 15.9. The second kappa shape index (κ2) is 4.69. The topological polar surface area (TPSA) is 60.0 Å². The number of nitrogens with one attached hydrogen (secondary N) is 1. The number of carbonyl (C=O) groups excluding carboxylic acids is 1. The zero-order valence-electron chi connectivity index (χ0n) is 9.63. The molecular weight excluding hydrogens is 244 g/mol. The second-order valence-electron chi connectivity index (χ2n) is 3.74. The van der Waals surface area contributed by atoms with E-state index in [4.69, 9.17) is 26.4 Å². The predicted octanol–water partition coefficient (Wildman–Crippen LogP) is -0.395. The summed E-state index contributed by atoms with van der Waals surface area (Å²) in [6.45, 7) is 0.431. The molecule has 0 radical (unpaired) electrons. The monoisotopic (exact) mass is 258 g/mol. The van der Waals surface area contributed by atoms with Gasteiger partial charge in [0.2, 0.25) is 11.7 Å². The molecule has 2 atom stereocenters. The lowest BCUT2D eigenvalue weighted by molar-refractivity contribution is -0.244. The van der Waals surface area contributed by atoms with Gasteiger partial charge in [0.1, 0.15) is 0 Å². The molecule has 0 spiro atoms. The van der Waals surface area contributed by atoms with Crippen molar-refractivity contribution < 1.29 is 19.0 Å². The molecule has 2 aliphatic rings. The molecule has 17 heavy (non-hydrogen) atoms. The average molecular weight is 258 g/mol. The number of hydrogen-bond acceptors (Lipinski definition) is 5. The third-order valence-electron chi connectivity index (χ3n) is 2.72. The summed E-state index contributed by atoms with van der Waals surface area (Å²) in [4.78, 5) is 13.0. The smallest absolute Gasteiger partial charge is 0.248 e. The third kappa shape index (κ3) is 2.32. The fourth-order valence-corrected chi connectivity index (χ4v) is 1.97. The maximum Gasteiger partial charge on any atom is 0.248 e. The van der Waals surface area contributed by atoms with Crippen LogP contribution in [0, 0.1) is 0 Å². The molecule has 94 valence electrons. The van der Waals surface area contributed by atoms with Gasteiger partial charge in [-0.2, -0.15) is 0 Å². The van der Waals surface area contributed by atoms with Gasteiger partial charge in [-0.15, -0.1) is 0 Å². The highest BCUT2D eigenvalue weighted by Gasteiger charge is 2.41. The molecule has 1 N–H and O–H groups in total. The van der Waals surface area contributed by atoms with Crippen LogP contribution in [-0.2, 0) is 19.0 Å². The number of rotatable bonds is 4. The normalized spacial score (nSPS) is 32.4. The zero-order chi connectivity index (χ0) is 12.5. The fraction of sp³-hybridized carbons (Fsp3) is 0.600. The van der Waals surface area contributed by atoms with Gasteiger partial charge < -0.3 is 19.5 Å². The summed E-state index contributed by atoms with van der Waals surface area (Å²) in [5, 5.41) is 3.19. The average Bonchev–Trinajstić information content (AvgIpc) is 2.89. The minimum absolute atomic E-state index is 0.0932. The number of amides is 1. The van der Waals surface area contributed by atoms with Gasteiger partial charge >= 0.3 is 0 Å². The van der Waals surface area contributed by atoms with Gasteiger partial charge in [0.05, 0.1) is 13.1 Å². The third-order valence-corrected chi connectivity index (χ3v) is 3.08. The van der Waals surface area contributed by atoms with Gasteiger partial charge in [0, 0.05) is 14.2 Å². The number of ether oxygens (including phenoxy) is 3. The second-order valence-corrected chi connectivity index (χ2v) is 4.12. The van der Waals surface area contributed by atoms with E-state index in [9.17, 15) is 4.79 Å². The maximum atomic E-state index is 11.6. The van der Waals surface area contributed by atoms with E-state index in [2.05, 4.69) is 5.32 Å². The minimum Gasteiger partial charge on any atom is -0.353 e. The van der Waals surface area contributed by atoms with Crippen LogP contribution in [0.25, 0.3) is 0 Å². The zero-order valence-corrected chi connectivity index (χ0v) is 10.5. The molecule has 2 unspecified atom stereocenters. The molecule has 2 aliphatic heterocycles. The minimum atomic E-state index is -0.994. The Labute approximate surface area is 104 Å². The van der Waals surface area contributed by atoms with Crippen molar-refractivity contribution in [1.82, 2.24) is 10.2 Å². The Kier molecular flexibility index (Phi) is 3.43. The van der Waals surface area contributed by atoms with Crippen molar-refractivity contribution in [1.29, 1.82) is 0 Å². The van der Waals surface area contributed by atoms with E-state index >= 15 is 0 Å². The van der Waals surface area contributed by atoms with Crippen LogP contribution < -0.4 is 5.32 Å². The number of thiocarbonyl (C=S) groups is 1. The van der Waals surface area contributed by atoms with Crippen molar-refractivity contribution >= 4 is 23.2 Å². The number of nitrogens with zero attached hydrogens (tertiary/aromatic N) is 1. The maximum absolute atomic E-state index is 11.6. The van der Waals surface area contributed by atoms with Crippen molar-refractivity contribution in [2.45, 2.75) is 12.1 Å². The SMILES string of the molecule is COC1C=CC(CN2C(=O)CNC2=S)(OC)O1. The Morgan fingerprint density at radius 2 is 2.47 bits per heavy atom. The van der Waals surface area contributed by atoms with Crippen LogP contribution in [0.5, 0.6) is 0 Å². The molecule has 0 bridgehead atoms.